The van der Waals surface area contributed by atoms with E-state index < -0.39 is 0 Å². The number of carbonyl (C=O) groups excluding carboxylic acids is 1. The van der Waals surface area contributed by atoms with Crippen LogP contribution in [-0.4, -0.2) is 31.4 Å². The number of hydrogen-bond acceptors (Lipinski definition) is 6. The van der Waals surface area contributed by atoms with Crippen molar-refractivity contribution in [3.63, 3.8) is 0 Å². The lowest BCUT2D eigenvalue weighted by atomic mass is 10.3. The van der Waals surface area contributed by atoms with E-state index >= 15 is 0 Å². The molecule has 1 aromatic carbocycles. The Hall–Kier alpha value is -1.93. The molecule has 24 heavy (non-hydrogen) atoms. The van der Waals surface area contributed by atoms with Gasteiger partial charge in [-0.2, -0.15) is 0 Å². The van der Waals surface area contributed by atoms with Gasteiger partial charge in [0, 0.05) is 13.0 Å². The van der Waals surface area contributed by atoms with Crippen LogP contribution in [0.3, 0.4) is 0 Å². The Morgan fingerprint density at radius 1 is 1.29 bits per heavy atom. The second kappa shape index (κ2) is 7.76. The smallest absolute Gasteiger partial charge is 0.236 e. The van der Waals surface area contributed by atoms with Crippen LogP contribution in [0.1, 0.15) is 26.1 Å². The normalized spacial score (nSPS) is 11.1. The molecular formula is C16H19N5OS2. The first kappa shape index (κ1) is 16.9. The Labute approximate surface area is 148 Å². The largest absolute Gasteiger partial charge is 0.306 e. The zero-order chi connectivity index (χ0) is 16.9. The van der Waals surface area contributed by atoms with Crippen LogP contribution < -0.4 is 5.32 Å². The molecule has 6 nitrogen and oxygen atoms in total. The van der Waals surface area contributed by atoms with Crippen molar-refractivity contribution in [2.45, 2.75) is 38.4 Å². The predicted molar refractivity (Wildman–Crippen MR) is 98.7 cm³/mol. The highest BCUT2D eigenvalue weighted by Gasteiger charge is 2.13. The van der Waals surface area contributed by atoms with Gasteiger partial charge in [-0.25, -0.2) is 4.98 Å². The number of thiazole rings is 1. The minimum absolute atomic E-state index is 0.0817. The number of nitrogens with zero attached hydrogens (tertiary/aromatic N) is 4. The number of aryl methyl sites for hydroxylation is 1. The summed E-state index contributed by atoms with van der Waals surface area (Å²) in [6.07, 6.45) is 1.93. The van der Waals surface area contributed by atoms with Crippen LogP contribution in [0.15, 0.2) is 29.4 Å². The van der Waals surface area contributed by atoms with Crippen molar-refractivity contribution in [2.75, 3.05) is 11.1 Å². The van der Waals surface area contributed by atoms with E-state index in [1.807, 2.05) is 24.3 Å². The quantitative estimate of drug-likeness (QED) is 0.651. The van der Waals surface area contributed by atoms with Crippen LogP contribution in [0.2, 0.25) is 0 Å². The van der Waals surface area contributed by atoms with Crippen LogP contribution in [0.25, 0.3) is 10.2 Å². The predicted octanol–water partition coefficient (Wildman–Crippen LogP) is 3.59. The van der Waals surface area contributed by atoms with Gasteiger partial charge in [-0.05, 0) is 25.5 Å². The zero-order valence-electron chi connectivity index (χ0n) is 13.7. The summed E-state index contributed by atoms with van der Waals surface area (Å²) in [5.41, 5.74) is 0.903. The van der Waals surface area contributed by atoms with Gasteiger partial charge >= 0.3 is 0 Å². The molecule has 0 bridgehead atoms. The van der Waals surface area contributed by atoms with Gasteiger partial charge in [-0.15, -0.1) is 10.2 Å². The molecule has 3 aromatic rings. The third-order valence-electron chi connectivity index (χ3n) is 3.46. The number of aromatic nitrogens is 4. The molecule has 2 heterocycles. The minimum atomic E-state index is -0.0817. The Morgan fingerprint density at radius 3 is 2.88 bits per heavy atom. The summed E-state index contributed by atoms with van der Waals surface area (Å²) in [5.74, 6) is 1.19. The third-order valence-corrected chi connectivity index (χ3v) is 5.37. The van der Waals surface area contributed by atoms with Gasteiger partial charge in [0.2, 0.25) is 5.91 Å². The molecule has 0 fully saturated rings. The molecule has 3 rings (SSSR count). The molecule has 0 aliphatic rings. The summed E-state index contributed by atoms with van der Waals surface area (Å²) >= 11 is 2.89. The third kappa shape index (κ3) is 3.76. The highest BCUT2D eigenvalue weighted by atomic mass is 32.2. The van der Waals surface area contributed by atoms with Gasteiger partial charge in [-0.1, -0.05) is 42.2 Å². The fourth-order valence-corrected chi connectivity index (χ4v) is 4.07. The molecular weight excluding hydrogens is 342 g/mol. The van der Waals surface area contributed by atoms with Gasteiger partial charge < -0.3 is 9.88 Å². The summed E-state index contributed by atoms with van der Waals surface area (Å²) in [5, 5.41) is 12.7. The molecule has 0 saturated heterocycles. The Bertz CT molecular complexity index is 809. The zero-order valence-corrected chi connectivity index (χ0v) is 15.3. The Kier molecular flexibility index (Phi) is 5.47. The molecule has 1 amide bonds. The Morgan fingerprint density at radius 2 is 2.12 bits per heavy atom. The highest BCUT2D eigenvalue weighted by molar-refractivity contribution is 7.99. The fraction of sp³-hybridized carbons (Fsp3) is 0.375. The van der Waals surface area contributed by atoms with Crippen LogP contribution in [0.4, 0.5) is 5.13 Å². The minimum Gasteiger partial charge on any atom is -0.306 e. The monoisotopic (exact) mass is 361 g/mol. The lowest BCUT2D eigenvalue weighted by molar-refractivity contribution is -0.113. The first-order chi connectivity index (χ1) is 11.7. The van der Waals surface area contributed by atoms with E-state index in [9.17, 15) is 4.79 Å². The topological polar surface area (TPSA) is 72.7 Å². The maximum Gasteiger partial charge on any atom is 0.236 e. The number of benzene rings is 1. The van der Waals surface area contributed by atoms with E-state index in [1.165, 1.54) is 23.1 Å². The molecule has 0 aliphatic heterocycles. The van der Waals surface area contributed by atoms with Crippen molar-refractivity contribution in [2.24, 2.45) is 0 Å². The van der Waals surface area contributed by atoms with Crippen LogP contribution >= 0.6 is 23.1 Å². The van der Waals surface area contributed by atoms with E-state index in [4.69, 9.17) is 0 Å². The van der Waals surface area contributed by atoms with E-state index in [1.54, 1.807) is 0 Å². The molecule has 0 spiro atoms. The van der Waals surface area contributed by atoms with Crippen LogP contribution in [0, 0.1) is 0 Å². The first-order valence-electron chi connectivity index (χ1n) is 7.91. The lowest BCUT2D eigenvalue weighted by Gasteiger charge is -2.06. The molecule has 0 radical (unpaired) electrons. The first-order valence-corrected chi connectivity index (χ1v) is 9.71. The fourth-order valence-electron chi connectivity index (χ4n) is 2.36. The van der Waals surface area contributed by atoms with Gasteiger partial charge in [0.1, 0.15) is 5.82 Å². The summed E-state index contributed by atoms with van der Waals surface area (Å²) in [6, 6.07) is 7.84. The average molecular weight is 361 g/mol. The van der Waals surface area contributed by atoms with Gasteiger partial charge in [-0.3, -0.25) is 4.79 Å². The molecule has 0 saturated carbocycles. The molecule has 8 heteroatoms. The SMILES string of the molecule is CCCc1nnc(SCC(=O)Nc2nc3ccccc3s2)n1CC. The number of fused-ring (bicyclic) bond motifs is 1. The number of thioether (sulfide) groups is 1. The van der Waals surface area contributed by atoms with Crippen molar-refractivity contribution in [1.82, 2.24) is 19.7 Å². The van der Waals surface area contributed by atoms with Crippen molar-refractivity contribution in [1.29, 1.82) is 0 Å². The van der Waals surface area contributed by atoms with E-state index in [2.05, 4.69) is 38.9 Å². The van der Waals surface area contributed by atoms with Crippen molar-refractivity contribution >= 4 is 44.4 Å². The number of para-hydroxylation sites is 1. The van der Waals surface area contributed by atoms with Crippen LogP contribution in [-0.2, 0) is 17.8 Å². The van der Waals surface area contributed by atoms with Gasteiger partial charge in [0.25, 0.3) is 0 Å². The second-order valence-corrected chi connectivity index (χ2v) is 7.19. The molecule has 126 valence electrons. The van der Waals surface area contributed by atoms with Gasteiger partial charge in [0.05, 0.1) is 16.0 Å². The number of anilines is 1. The summed E-state index contributed by atoms with van der Waals surface area (Å²) < 4.78 is 3.13. The van der Waals surface area contributed by atoms with Crippen molar-refractivity contribution < 1.29 is 4.79 Å². The molecule has 1 N–H and O–H groups in total. The summed E-state index contributed by atoms with van der Waals surface area (Å²) in [7, 11) is 0. The van der Waals surface area contributed by atoms with Crippen LogP contribution in [0.5, 0.6) is 0 Å². The summed E-state index contributed by atoms with van der Waals surface area (Å²) in [4.78, 5) is 16.6. The van der Waals surface area contributed by atoms with Crippen molar-refractivity contribution in [3.05, 3.63) is 30.1 Å². The molecule has 0 aliphatic carbocycles. The maximum absolute atomic E-state index is 12.2. The molecule has 0 unspecified atom stereocenters. The average Bonchev–Trinajstić information content (AvgIpc) is 3.16. The number of carbonyl (C=O) groups is 1. The molecule has 0 atom stereocenters. The van der Waals surface area contributed by atoms with Gasteiger partial charge in [0.15, 0.2) is 10.3 Å². The number of rotatable bonds is 7. The summed E-state index contributed by atoms with van der Waals surface area (Å²) in [6.45, 7) is 4.99. The number of nitrogens with one attached hydrogen (secondary N) is 1. The van der Waals surface area contributed by atoms with E-state index in [0.717, 1.165) is 40.6 Å². The Balaban J connectivity index is 1.61. The standard InChI is InChI=1S/C16H19N5OS2/c1-3-7-13-19-20-16(21(13)4-2)23-10-14(22)18-15-17-11-8-5-6-9-12(11)24-15/h5-6,8-9H,3-4,7,10H2,1-2H3,(H,17,18,22). The second-order valence-electron chi connectivity index (χ2n) is 5.22. The highest BCUT2D eigenvalue weighted by Crippen LogP contribution is 2.26. The molecule has 2 aromatic heterocycles. The van der Waals surface area contributed by atoms with Crippen molar-refractivity contribution in [3.8, 4) is 0 Å². The number of hydrogen-bond donors (Lipinski definition) is 1. The maximum atomic E-state index is 12.2. The van der Waals surface area contributed by atoms with E-state index in [-0.39, 0.29) is 5.91 Å². The lowest BCUT2D eigenvalue weighted by Crippen LogP contribution is -2.14. The number of amides is 1. The van der Waals surface area contributed by atoms with E-state index in [0.29, 0.717) is 10.9 Å².